The van der Waals surface area contributed by atoms with Crippen LogP contribution in [0.3, 0.4) is 0 Å². The summed E-state index contributed by atoms with van der Waals surface area (Å²) in [6.45, 7) is 1.51. The zero-order chi connectivity index (χ0) is 19.8. The molecule has 0 saturated carbocycles. The minimum absolute atomic E-state index is 0.0123. The number of nitrogens with zero attached hydrogens (tertiary/aromatic N) is 1. The van der Waals surface area contributed by atoms with Gasteiger partial charge in [0, 0.05) is 24.3 Å². The molecule has 0 radical (unpaired) electrons. The molecule has 0 aromatic heterocycles. The molecule has 0 aliphatic carbocycles. The van der Waals surface area contributed by atoms with Crippen molar-refractivity contribution >= 4 is 11.6 Å². The smallest absolute Gasteiger partial charge is 0.256 e. The van der Waals surface area contributed by atoms with Crippen LogP contribution in [-0.2, 0) is 5.60 Å². The third-order valence-corrected chi connectivity index (χ3v) is 6.31. The second-order valence-corrected chi connectivity index (χ2v) is 7.96. The van der Waals surface area contributed by atoms with E-state index < -0.39 is 5.60 Å². The maximum atomic E-state index is 12.8. The van der Waals surface area contributed by atoms with Crippen molar-refractivity contribution in [3.05, 3.63) is 101 Å². The highest BCUT2D eigenvalue weighted by molar-refractivity contribution is 6.07. The molecule has 1 atom stereocenters. The van der Waals surface area contributed by atoms with Gasteiger partial charge in [-0.3, -0.25) is 9.69 Å². The normalized spacial score (nSPS) is 20.9. The fraction of sp³-hybridized carbons (Fsp3) is 0.240. The number of rotatable bonds is 2. The van der Waals surface area contributed by atoms with Gasteiger partial charge in [0.25, 0.3) is 5.91 Å². The molecule has 4 nitrogen and oxygen atoms in total. The van der Waals surface area contributed by atoms with Crippen LogP contribution >= 0.6 is 0 Å². The molecule has 29 heavy (non-hydrogen) atoms. The molecule has 2 aliphatic heterocycles. The van der Waals surface area contributed by atoms with E-state index in [0.29, 0.717) is 12.8 Å². The van der Waals surface area contributed by atoms with Gasteiger partial charge in [0.15, 0.2) is 0 Å². The Morgan fingerprint density at radius 3 is 2.21 bits per heavy atom. The van der Waals surface area contributed by atoms with E-state index in [2.05, 4.69) is 22.3 Å². The number of benzene rings is 3. The summed E-state index contributed by atoms with van der Waals surface area (Å²) in [6, 6.07) is 25.9. The molecule has 0 spiro atoms. The molecule has 1 saturated heterocycles. The van der Waals surface area contributed by atoms with Gasteiger partial charge in [-0.1, -0.05) is 66.7 Å². The topological polar surface area (TPSA) is 52.6 Å². The maximum Gasteiger partial charge on any atom is 0.256 e. The fourth-order valence-corrected chi connectivity index (χ4v) is 4.73. The Balaban J connectivity index is 1.52. The lowest BCUT2D eigenvalue weighted by molar-refractivity contribution is -0.0324. The van der Waals surface area contributed by atoms with Gasteiger partial charge in [-0.05, 0) is 41.7 Å². The summed E-state index contributed by atoms with van der Waals surface area (Å²) in [4.78, 5) is 15.2. The SMILES string of the molecule is O=C1Nc2ccccc2C(N2CCC(O)(c3ccccc3)CC2)c2ccccc21. The van der Waals surface area contributed by atoms with Crippen molar-refractivity contribution in [2.45, 2.75) is 24.5 Å². The van der Waals surface area contributed by atoms with Crippen molar-refractivity contribution in [1.82, 2.24) is 4.90 Å². The average Bonchev–Trinajstić information content (AvgIpc) is 2.89. The van der Waals surface area contributed by atoms with Crippen molar-refractivity contribution < 1.29 is 9.90 Å². The standard InChI is InChI=1S/C25H24N2O2/c28-24-20-11-5-4-10-19(20)23(21-12-6-7-13-22(21)26-24)27-16-14-25(29,15-17-27)18-8-2-1-3-9-18/h1-13,23,29H,14-17H2,(H,26,28). The molecule has 1 unspecified atom stereocenters. The van der Waals surface area contributed by atoms with Gasteiger partial charge in [-0.15, -0.1) is 0 Å². The van der Waals surface area contributed by atoms with E-state index in [1.165, 1.54) is 0 Å². The Labute approximate surface area is 170 Å². The number of aliphatic hydroxyl groups is 1. The van der Waals surface area contributed by atoms with E-state index in [1.54, 1.807) is 0 Å². The van der Waals surface area contributed by atoms with E-state index in [1.807, 2.05) is 66.7 Å². The van der Waals surface area contributed by atoms with Crippen molar-refractivity contribution in [2.75, 3.05) is 18.4 Å². The van der Waals surface area contributed by atoms with Crippen LogP contribution in [0.1, 0.15) is 45.9 Å². The van der Waals surface area contributed by atoms with Crippen LogP contribution in [0.5, 0.6) is 0 Å². The Kier molecular flexibility index (Phi) is 4.46. The van der Waals surface area contributed by atoms with Gasteiger partial charge in [0.2, 0.25) is 0 Å². The van der Waals surface area contributed by atoms with E-state index >= 15 is 0 Å². The molecule has 1 fully saturated rings. The van der Waals surface area contributed by atoms with Crippen LogP contribution in [0.15, 0.2) is 78.9 Å². The molecular weight excluding hydrogens is 360 g/mol. The number of piperidine rings is 1. The monoisotopic (exact) mass is 384 g/mol. The van der Waals surface area contributed by atoms with Crippen molar-refractivity contribution in [3.63, 3.8) is 0 Å². The highest BCUT2D eigenvalue weighted by Gasteiger charge is 2.38. The number of para-hydroxylation sites is 1. The predicted octanol–water partition coefficient (Wildman–Crippen LogP) is 4.33. The van der Waals surface area contributed by atoms with E-state index in [9.17, 15) is 9.90 Å². The highest BCUT2D eigenvalue weighted by Crippen LogP contribution is 2.42. The van der Waals surface area contributed by atoms with Crippen LogP contribution in [0.2, 0.25) is 0 Å². The molecule has 3 aromatic carbocycles. The number of carbonyl (C=O) groups is 1. The zero-order valence-corrected chi connectivity index (χ0v) is 16.2. The lowest BCUT2D eigenvalue weighted by Gasteiger charge is -2.42. The molecule has 5 rings (SSSR count). The molecule has 2 heterocycles. The van der Waals surface area contributed by atoms with E-state index in [-0.39, 0.29) is 11.9 Å². The number of nitrogens with one attached hydrogen (secondary N) is 1. The van der Waals surface area contributed by atoms with Crippen LogP contribution in [0.25, 0.3) is 0 Å². The summed E-state index contributed by atoms with van der Waals surface area (Å²) in [5.74, 6) is -0.0617. The first-order chi connectivity index (χ1) is 14.2. The lowest BCUT2D eigenvalue weighted by atomic mass is 9.82. The molecule has 1 amide bonds. The van der Waals surface area contributed by atoms with Crippen molar-refractivity contribution in [1.29, 1.82) is 0 Å². The summed E-state index contributed by atoms with van der Waals surface area (Å²) in [6.07, 6.45) is 1.33. The number of amides is 1. The number of hydrogen-bond acceptors (Lipinski definition) is 3. The molecule has 3 aromatic rings. The first-order valence-corrected chi connectivity index (χ1v) is 10.2. The largest absolute Gasteiger partial charge is 0.385 e. The Hall–Kier alpha value is -2.95. The molecule has 2 N–H and O–H groups in total. The minimum Gasteiger partial charge on any atom is -0.385 e. The second-order valence-electron chi connectivity index (χ2n) is 7.96. The number of carbonyl (C=O) groups excluding carboxylic acids is 1. The first-order valence-electron chi connectivity index (χ1n) is 10.2. The number of likely N-dealkylation sites (tertiary alicyclic amines) is 1. The Morgan fingerprint density at radius 1 is 0.828 bits per heavy atom. The second kappa shape index (κ2) is 7.14. The predicted molar refractivity (Wildman–Crippen MR) is 114 cm³/mol. The summed E-state index contributed by atoms with van der Waals surface area (Å²) < 4.78 is 0. The van der Waals surface area contributed by atoms with Gasteiger partial charge in [-0.25, -0.2) is 0 Å². The van der Waals surface area contributed by atoms with Gasteiger partial charge in [-0.2, -0.15) is 0 Å². The molecule has 146 valence electrons. The summed E-state index contributed by atoms with van der Waals surface area (Å²) in [5.41, 5.74) is 3.91. The van der Waals surface area contributed by atoms with Gasteiger partial charge in [0.1, 0.15) is 0 Å². The molecular formula is C25H24N2O2. The van der Waals surface area contributed by atoms with Gasteiger partial charge in [0.05, 0.1) is 11.6 Å². The van der Waals surface area contributed by atoms with Crippen molar-refractivity contribution in [3.8, 4) is 0 Å². The minimum atomic E-state index is -0.796. The van der Waals surface area contributed by atoms with Crippen LogP contribution < -0.4 is 5.32 Å². The lowest BCUT2D eigenvalue weighted by Crippen LogP contribution is -2.44. The van der Waals surface area contributed by atoms with Gasteiger partial charge < -0.3 is 10.4 Å². The molecule has 0 bridgehead atoms. The summed E-state index contributed by atoms with van der Waals surface area (Å²) in [7, 11) is 0. The average molecular weight is 384 g/mol. The van der Waals surface area contributed by atoms with Crippen LogP contribution in [0.4, 0.5) is 5.69 Å². The van der Waals surface area contributed by atoms with Crippen LogP contribution in [0, 0.1) is 0 Å². The van der Waals surface area contributed by atoms with E-state index in [0.717, 1.165) is 41.0 Å². The molecule has 4 heteroatoms. The maximum absolute atomic E-state index is 12.8. The quantitative estimate of drug-likeness (QED) is 0.692. The van der Waals surface area contributed by atoms with Crippen molar-refractivity contribution in [2.24, 2.45) is 0 Å². The fourth-order valence-electron chi connectivity index (χ4n) is 4.73. The third kappa shape index (κ3) is 3.15. The van der Waals surface area contributed by atoms with Crippen LogP contribution in [-0.4, -0.2) is 29.0 Å². The Morgan fingerprint density at radius 2 is 1.45 bits per heavy atom. The van der Waals surface area contributed by atoms with Gasteiger partial charge >= 0.3 is 0 Å². The third-order valence-electron chi connectivity index (χ3n) is 6.31. The summed E-state index contributed by atoms with van der Waals surface area (Å²) in [5, 5.41) is 14.3. The van der Waals surface area contributed by atoms with E-state index in [4.69, 9.17) is 0 Å². The zero-order valence-electron chi connectivity index (χ0n) is 16.2. The number of anilines is 1. The Bertz CT molecular complexity index is 1040. The number of fused-ring (bicyclic) bond motifs is 2. The molecule has 2 aliphatic rings. The number of hydrogen-bond donors (Lipinski definition) is 2. The summed E-state index contributed by atoms with van der Waals surface area (Å²) >= 11 is 0. The highest BCUT2D eigenvalue weighted by atomic mass is 16.3. The first kappa shape index (κ1) is 18.1.